The van der Waals surface area contributed by atoms with Gasteiger partial charge in [-0.25, -0.2) is 0 Å². The maximum atomic E-state index is 12.0. The van der Waals surface area contributed by atoms with Crippen LogP contribution in [0.4, 0.5) is 0 Å². The van der Waals surface area contributed by atoms with E-state index in [1.54, 1.807) is 12.3 Å². The second-order valence-electron chi connectivity index (χ2n) is 5.34. The Morgan fingerprint density at radius 1 is 1.61 bits per heavy atom. The van der Waals surface area contributed by atoms with Crippen molar-refractivity contribution in [1.29, 1.82) is 0 Å². The number of hydrogen-bond donors (Lipinski definition) is 2. The van der Waals surface area contributed by atoms with E-state index in [4.69, 9.17) is 4.52 Å². The smallest absolute Gasteiger partial charge is 0.220 e. The first kappa shape index (κ1) is 11.7. The van der Waals surface area contributed by atoms with E-state index in [0.29, 0.717) is 18.9 Å². The number of nitrogens with zero attached hydrogens (tertiary/aromatic N) is 1. The molecule has 1 aliphatic carbocycles. The summed E-state index contributed by atoms with van der Waals surface area (Å²) in [7, 11) is 0. The first-order chi connectivity index (χ1) is 8.78. The van der Waals surface area contributed by atoms with E-state index in [1.807, 2.05) is 0 Å². The van der Waals surface area contributed by atoms with Gasteiger partial charge < -0.3 is 15.2 Å². The van der Waals surface area contributed by atoms with Gasteiger partial charge in [0.25, 0.3) is 0 Å². The van der Waals surface area contributed by atoms with Crippen LogP contribution in [0, 0.1) is 0 Å². The molecule has 0 bridgehead atoms. The molecular weight excluding hydrogens is 230 g/mol. The van der Waals surface area contributed by atoms with E-state index in [1.165, 1.54) is 12.8 Å². The number of aryl methyl sites for hydroxylation is 1. The topological polar surface area (TPSA) is 67.2 Å². The van der Waals surface area contributed by atoms with Gasteiger partial charge in [-0.2, -0.15) is 0 Å². The number of hydrogen-bond acceptors (Lipinski definition) is 4. The molecule has 2 unspecified atom stereocenters. The van der Waals surface area contributed by atoms with Crippen molar-refractivity contribution in [3.63, 3.8) is 0 Å². The fourth-order valence-corrected chi connectivity index (χ4v) is 3.30. The molecular formula is C13H19N3O2. The first-order valence-corrected chi connectivity index (χ1v) is 6.72. The molecule has 2 aliphatic rings. The number of fused-ring (bicyclic) bond motifs is 1. The van der Waals surface area contributed by atoms with Crippen molar-refractivity contribution >= 4 is 5.91 Å². The summed E-state index contributed by atoms with van der Waals surface area (Å²) in [6.45, 7) is 1.02. The Morgan fingerprint density at radius 2 is 2.56 bits per heavy atom. The Labute approximate surface area is 106 Å². The normalized spacial score (nSPS) is 30.3. The number of carbonyl (C=O) groups is 1. The minimum Gasteiger partial charge on any atom is -0.365 e. The largest absolute Gasteiger partial charge is 0.365 e. The second-order valence-corrected chi connectivity index (χ2v) is 5.34. The summed E-state index contributed by atoms with van der Waals surface area (Å²) in [5.74, 6) is 0.133. The first-order valence-electron chi connectivity index (χ1n) is 6.72. The lowest BCUT2D eigenvalue weighted by molar-refractivity contribution is -0.123. The maximum Gasteiger partial charge on any atom is 0.220 e. The van der Waals surface area contributed by atoms with Gasteiger partial charge in [0.05, 0.1) is 11.2 Å². The van der Waals surface area contributed by atoms with Gasteiger partial charge in [0.2, 0.25) is 5.91 Å². The Hall–Kier alpha value is -1.36. The molecule has 1 amide bonds. The predicted molar refractivity (Wildman–Crippen MR) is 66.0 cm³/mol. The third kappa shape index (κ3) is 2.14. The lowest BCUT2D eigenvalue weighted by Gasteiger charge is -2.30. The van der Waals surface area contributed by atoms with E-state index in [-0.39, 0.29) is 11.4 Å². The molecule has 1 aromatic rings. The molecule has 5 heteroatoms. The van der Waals surface area contributed by atoms with Crippen LogP contribution in [0.3, 0.4) is 0 Å². The van der Waals surface area contributed by atoms with Crippen molar-refractivity contribution in [2.24, 2.45) is 0 Å². The molecule has 2 fully saturated rings. The van der Waals surface area contributed by atoms with Gasteiger partial charge in [0.1, 0.15) is 6.26 Å². The van der Waals surface area contributed by atoms with Gasteiger partial charge in [0, 0.05) is 24.9 Å². The highest BCUT2D eigenvalue weighted by Crippen LogP contribution is 2.36. The molecule has 2 atom stereocenters. The summed E-state index contributed by atoms with van der Waals surface area (Å²) >= 11 is 0. The average molecular weight is 249 g/mol. The van der Waals surface area contributed by atoms with Crippen LogP contribution in [0.15, 0.2) is 16.9 Å². The Kier molecular flexibility index (Phi) is 3.07. The van der Waals surface area contributed by atoms with Gasteiger partial charge in [-0.05, 0) is 32.2 Å². The van der Waals surface area contributed by atoms with Crippen molar-refractivity contribution in [3.05, 3.63) is 18.0 Å². The number of aromatic nitrogens is 1. The zero-order chi connectivity index (χ0) is 12.4. The van der Waals surface area contributed by atoms with Crippen LogP contribution in [-0.2, 0) is 11.2 Å². The summed E-state index contributed by atoms with van der Waals surface area (Å²) < 4.78 is 4.76. The molecule has 0 spiro atoms. The molecule has 18 heavy (non-hydrogen) atoms. The molecule has 1 saturated carbocycles. The van der Waals surface area contributed by atoms with Gasteiger partial charge >= 0.3 is 0 Å². The van der Waals surface area contributed by atoms with Crippen LogP contribution < -0.4 is 10.6 Å². The van der Waals surface area contributed by atoms with Gasteiger partial charge in [-0.3, -0.25) is 4.79 Å². The Morgan fingerprint density at radius 3 is 3.39 bits per heavy atom. The summed E-state index contributed by atoms with van der Waals surface area (Å²) in [6.07, 6.45) is 7.25. The molecule has 3 rings (SSSR count). The highest BCUT2D eigenvalue weighted by molar-refractivity contribution is 5.77. The minimum absolute atomic E-state index is 0.0287. The van der Waals surface area contributed by atoms with Crippen molar-refractivity contribution < 1.29 is 9.32 Å². The zero-order valence-electron chi connectivity index (χ0n) is 10.4. The SMILES string of the molecule is O=C(CCc1ccon1)NC12CCCC1NCC2. The molecule has 0 aromatic carbocycles. The van der Waals surface area contributed by atoms with E-state index in [2.05, 4.69) is 15.8 Å². The summed E-state index contributed by atoms with van der Waals surface area (Å²) in [6, 6.07) is 2.29. The monoisotopic (exact) mass is 249 g/mol. The lowest BCUT2D eigenvalue weighted by Crippen LogP contribution is -2.52. The quantitative estimate of drug-likeness (QED) is 0.835. The second kappa shape index (κ2) is 4.72. The van der Waals surface area contributed by atoms with Crippen molar-refractivity contribution in [2.45, 2.75) is 50.1 Å². The number of nitrogens with one attached hydrogen (secondary N) is 2. The fourth-order valence-electron chi connectivity index (χ4n) is 3.30. The molecule has 1 aromatic heterocycles. The van der Waals surface area contributed by atoms with Gasteiger partial charge in [-0.15, -0.1) is 0 Å². The average Bonchev–Trinajstić information content (AvgIpc) is 3.01. The van der Waals surface area contributed by atoms with Gasteiger partial charge in [-0.1, -0.05) is 5.16 Å². The standard InChI is InChI=1S/C13H19N3O2/c17-12(4-3-10-5-9-18-16-10)15-13-6-1-2-11(13)14-8-7-13/h5,9,11,14H,1-4,6-8H2,(H,15,17). The van der Waals surface area contributed by atoms with Crippen molar-refractivity contribution in [2.75, 3.05) is 6.54 Å². The van der Waals surface area contributed by atoms with E-state index >= 15 is 0 Å². The van der Waals surface area contributed by atoms with E-state index in [0.717, 1.165) is 25.1 Å². The summed E-state index contributed by atoms with van der Waals surface area (Å²) in [5.41, 5.74) is 0.871. The maximum absolute atomic E-state index is 12.0. The molecule has 2 heterocycles. The number of rotatable bonds is 4. The zero-order valence-corrected chi connectivity index (χ0v) is 10.4. The lowest BCUT2D eigenvalue weighted by atomic mass is 9.93. The van der Waals surface area contributed by atoms with E-state index in [9.17, 15) is 4.79 Å². The highest BCUT2D eigenvalue weighted by atomic mass is 16.5. The van der Waals surface area contributed by atoms with Gasteiger partial charge in [0.15, 0.2) is 0 Å². The van der Waals surface area contributed by atoms with Crippen LogP contribution >= 0.6 is 0 Å². The van der Waals surface area contributed by atoms with Crippen LogP contribution in [0.5, 0.6) is 0 Å². The summed E-state index contributed by atoms with van der Waals surface area (Å²) in [5, 5.41) is 10.6. The van der Waals surface area contributed by atoms with Crippen molar-refractivity contribution in [1.82, 2.24) is 15.8 Å². The van der Waals surface area contributed by atoms with Crippen LogP contribution in [0.25, 0.3) is 0 Å². The minimum atomic E-state index is 0.0287. The fraction of sp³-hybridized carbons (Fsp3) is 0.692. The number of carbonyl (C=O) groups excluding carboxylic acids is 1. The van der Waals surface area contributed by atoms with Crippen LogP contribution in [0.2, 0.25) is 0 Å². The van der Waals surface area contributed by atoms with Crippen molar-refractivity contribution in [3.8, 4) is 0 Å². The Bertz CT molecular complexity index is 406. The van der Waals surface area contributed by atoms with E-state index < -0.39 is 0 Å². The number of amides is 1. The third-order valence-corrected chi connectivity index (χ3v) is 4.23. The molecule has 98 valence electrons. The summed E-state index contributed by atoms with van der Waals surface area (Å²) in [4.78, 5) is 12.0. The molecule has 5 nitrogen and oxygen atoms in total. The molecule has 1 saturated heterocycles. The van der Waals surface area contributed by atoms with Crippen LogP contribution in [0.1, 0.15) is 37.8 Å². The molecule has 0 radical (unpaired) electrons. The third-order valence-electron chi connectivity index (χ3n) is 4.23. The predicted octanol–water partition coefficient (Wildman–Crippen LogP) is 1.01. The molecule has 2 N–H and O–H groups in total. The molecule has 1 aliphatic heterocycles. The highest BCUT2D eigenvalue weighted by Gasteiger charge is 2.46. The Balaban J connectivity index is 1.54. The van der Waals surface area contributed by atoms with Crippen LogP contribution in [-0.4, -0.2) is 29.2 Å².